The number of aryl methyl sites for hydroxylation is 2. The quantitative estimate of drug-likeness (QED) is 0.115. The minimum absolute atomic E-state index is 0.109. The van der Waals surface area contributed by atoms with E-state index >= 15 is 0 Å². The predicted molar refractivity (Wildman–Crippen MR) is 172 cm³/mol. The number of H-pyrrole nitrogens is 1. The molecule has 0 saturated carbocycles. The minimum Gasteiger partial charge on any atom is -0.478 e. The highest BCUT2D eigenvalue weighted by molar-refractivity contribution is 6.05. The topological polar surface area (TPSA) is 193 Å². The van der Waals surface area contributed by atoms with Crippen LogP contribution in [0.1, 0.15) is 57.8 Å². The van der Waals surface area contributed by atoms with Gasteiger partial charge in [0.25, 0.3) is 0 Å². The number of amides is 3. The summed E-state index contributed by atoms with van der Waals surface area (Å²) in [5.41, 5.74) is 7.88. The first-order valence-electron chi connectivity index (χ1n) is 14.8. The second-order valence-electron chi connectivity index (χ2n) is 11.8. The number of carbonyl (C=O) groups is 5. The Morgan fingerprint density at radius 3 is 2.37 bits per heavy atom. The van der Waals surface area contributed by atoms with Crippen LogP contribution < -0.4 is 21.7 Å². The summed E-state index contributed by atoms with van der Waals surface area (Å²) >= 11 is 0. The van der Waals surface area contributed by atoms with Gasteiger partial charge in [0.1, 0.15) is 11.6 Å². The van der Waals surface area contributed by atoms with Crippen LogP contribution in [0.25, 0.3) is 10.9 Å². The molecule has 2 atom stereocenters. The summed E-state index contributed by atoms with van der Waals surface area (Å²) in [6.07, 6.45) is -0.281. The number of ether oxygens (including phenoxy) is 1. The number of rotatable bonds is 9. The molecule has 1 aliphatic carbocycles. The molecule has 3 aromatic carbocycles. The molecule has 238 valence electrons. The van der Waals surface area contributed by atoms with Crippen LogP contribution in [0.5, 0.6) is 0 Å². The van der Waals surface area contributed by atoms with Gasteiger partial charge < -0.3 is 31.2 Å². The molecule has 0 spiro atoms. The number of nitrogens with one attached hydrogen (secondary N) is 4. The molecular formula is C34H35N5O7. The molecule has 0 radical (unpaired) electrons. The Balaban J connectivity index is 1.53. The lowest BCUT2D eigenvalue weighted by atomic mass is 9.78. The smallest absolute Gasteiger partial charge is 0.419 e. The molecule has 5 rings (SSSR count). The first kappa shape index (κ1) is 31.8. The Hall–Kier alpha value is -5.65. The van der Waals surface area contributed by atoms with Crippen molar-refractivity contribution < 1.29 is 33.8 Å². The van der Waals surface area contributed by atoms with Crippen molar-refractivity contribution in [1.82, 2.24) is 10.3 Å². The van der Waals surface area contributed by atoms with Crippen LogP contribution in [0.15, 0.2) is 66.7 Å². The van der Waals surface area contributed by atoms with Gasteiger partial charge in [-0.1, -0.05) is 56.3 Å². The van der Waals surface area contributed by atoms with E-state index in [1.807, 2.05) is 0 Å². The van der Waals surface area contributed by atoms with Crippen molar-refractivity contribution in [2.45, 2.75) is 51.6 Å². The standard InChI is InChI=1S/C34H35N5O7/c1-18(2)26(29(35)40)37-32(44)34(16-15-24-23(17-34)21-12-8-13-22(30(41)42)28(21)36-24)39-25-14-7-9-19(3)27(25)38-33(45)46-31(43)20-10-5-4-6-11-20/h4-14,18,26,36,39H,15-17H2,1-3H3,(H2,35,40)(H,37,44)(H,38,45)(H,41,42)/t26-,34?/m0/s1. The van der Waals surface area contributed by atoms with Gasteiger partial charge >= 0.3 is 18.0 Å². The number of carboxylic acids is 1. The molecule has 0 saturated heterocycles. The number of benzene rings is 3. The second-order valence-corrected chi connectivity index (χ2v) is 11.8. The number of anilines is 2. The van der Waals surface area contributed by atoms with Gasteiger partial charge in [-0.15, -0.1) is 0 Å². The number of nitrogens with two attached hydrogens (primary N) is 1. The summed E-state index contributed by atoms with van der Waals surface area (Å²) in [6.45, 7) is 5.29. The number of aromatic carboxylic acids is 1. The van der Waals surface area contributed by atoms with Crippen molar-refractivity contribution in [2.24, 2.45) is 11.7 Å². The molecule has 46 heavy (non-hydrogen) atoms. The van der Waals surface area contributed by atoms with Crippen LogP contribution in [-0.2, 0) is 27.2 Å². The summed E-state index contributed by atoms with van der Waals surface area (Å²) in [4.78, 5) is 67.2. The van der Waals surface area contributed by atoms with E-state index in [1.54, 1.807) is 69.3 Å². The molecular weight excluding hydrogens is 590 g/mol. The summed E-state index contributed by atoms with van der Waals surface area (Å²) in [5.74, 6) is -3.38. The van der Waals surface area contributed by atoms with Crippen LogP contribution in [0, 0.1) is 12.8 Å². The van der Waals surface area contributed by atoms with Crippen molar-refractivity contribution in [1.29, 1.82) is 0 Å². The summed E-state index contributed by atoms with van der Waals surface area (Å²) in [6, 6.07) is 17.3. The van der Waals surface area contributed by atoms with Gasteiger partial charge in [-0.25, -0.2) is 14.4 Å². The molecule has 0 aliphatic heterocycles. The monoisotopic (exact) mass is 625 g/mol. The predicted octanol–water partition coefficient (Wildman–Crippen LogP) is 4.53. The van der Waals surface area contributed by atoms with Gasteiger partial charge in [0.05, 0.1) is 28.0 Å². The highest BCUT2D eigenvalue weighted by Gasteiger charge is 2.44. The van der Waals surface area contributed by atoms with Crippen molar-refractivity contribution in [3.8, 4) is 0 Å². The number of hydrogen-bond donors (Lipinski definition) is 6. The number of carboxylic acid groups (broad SMARTS) is 1. The molecule has 1 unspecified atom stereocenters. The molecule has 1 aliphatic rings. The largest absolute Gasteiger partial charge is 0.478 e. The first-order chi connectivity index (χ1) is 21.9. The summed E-state index contributed by atoms with van der Waals surface area (Å²) in [5, 5.41) is 19.3. The van der Waals surface area contributed by atoms with Crippen molar-refractivity contribution >= 4 is 52.1 Å². The van der Waals surface area contributed by atoms with E-state index in [0.29, 0.717) is 28.6 Å². The molecule has 1 heterocycles. The zero-order valence-corrected chi connectivity index (χ0v) is 25.6. The number of aromatic nitrogens is 1. The molecule has 1 aromatic heterocycles. The van der Waals surface area contributed by atoms with Gasteiger partial charge in [-0.05, 0) is 61.1 Å². The highest BCUT2D eigenvalue weighted by Crippen LogP contribution is 2.39. The fourth-order valence-corrected chi connectivity index (χ4v) is 5.89. The zero-order chi connectivity index (χ0) is 33.2. The zero-order valence-electron chi connectivity index (χ0n) is 25.6. The molecule has 12 heteroatoms. The normalized spacial score (nSPS) is 16.3. The molecule has 3 amide bonds. The number of fused-ring (bicyclic) bond motifs is 3. The Kier molecular flexibility index (Phi) is 8.81. The average molecular weight is 626 g/mol. The van der Waals surface area contributed by atoms with E-state index in [0.717, 1.165) is 11.3 Å². The number of esters is 1. The Bertz CT molecular complexity index is 1850. The first-order valence-corrected chi connectivity index (χ1v) is 14.8. The molecule has 4 aromatic rings. The average Bonchev–Trinajstić information content (AvgIpc) is 3.39. The van der Waals surface area contributed by atoms with Crippen LogP contribution in [0.4, 0.5) is 16.2 Å². The fourth-order valence-electron chi connectivity index (χ4n) is 5.89. The van der Waals surface area contributed by atoms with Crippen molar-refractivity contribution in [2.75, 3.05) is 10.6 Å². The Labute approximate surface area is 264 Å². The molecule has 0 bridgehead atoms. The maximum Gasteiger partial charge on any atom is 0.419 e. The Morgan fingerprint density at radius 2 is 1.70 bits per heavy atom. The van der Waals surface area contributed by atoms with Gasteiger partial charge in [0, 0.05) is 17.5 Å². The van der Waals surface area contributed by atoms with E-state index in [4.69, 9.17) is 10.5 Å². The van der Waals surface area contributed by atoms with E-state index < -0.39 is 41.4 Å². The van der Waals surface area contributed by atoms with Gasteiger partial charge in [0.2, 0.25) is 11.8 Å². The third kappa shape index (κ3) is 6.27. The number of aromatic amines is 1. The van der Waals surface area contributed by atoms with Crippen LogP contribution in [-0.4, -0.2) is 51.5 Å². The van der Waals surface area contributed by atoms with E-state index in [2.05, 4.69) is 20.9 Å². The van der Waals surface area contributed by atoms with Crippen LogP contribution >= 0.6 is 0 Å². The van der Waals surface area contributed by atoms with Crippen LogP contribution in [0.2, 0.25) is 0 Å². The lowest BCUT2D eigenvalue weighted by Crippen LogP contribution is -2.60. The minimum atomic E-state index is -1.36. The van der Waals surface area contributed by atoms with Gasteiger partial charge in [0.15, 0.2) is 0 Å². The molecule has 7 N–H and O–H groups in total. The highest BCUT2D eigenvalue weighted by atomic mass is 16.6. The summed E-state index contributed by atoms with van der Waals surface area (Å²) in [7, 11) is 0. The van der Waals surface area contributed by atoms with Crippen molar-refractivity contribution in [3.63, 3.8) is 0 Å². The van der Waals surface area contributed by atoms with Crippen molar-refractivity contribution in [3.05, 3.63) is 94.7 Å². The Morgan fingerprint density at radius 1 is 0.978 bits per heavy atom. The maximum absolute atomic E-state index is 14.3. The molecule has 0 fully saturated rings. The summed E-state index contributed by atoms with van der Waals surface area (Å²) < 4.78 is 5.03. The fraction of sp³-hybridized carbons (Fsp3) is 0.265. The second kappa shape index (κ2) is 12.8. The lowest BCUT2D eigenvalue weighted by molar-refractivity contribution is -0.131. The van der Waals surface area contributed by atoms with Crippen LogP contribution in [0.3, 0.4) is 0 Å². The number of carbonyl (C=O) groups excluding carboxylic acids is 4. The third-order valence-electron chi connectivity index (χ3n) is 8.30. The maximum atomic E-state index is 14.3. The number of para-hydroxylation sites is 2. The van der Waals surface area contributed by atoms with E-state index in [-0.39, 0.29) is 35.6 Å². The molecule has 12 nitrogen and oxygen atoms in total. The van der Waals surface area contributed by atoms with Gasteiger partial charge in [-0.3, -0.25) is 14.9 Å². The van der Waals surface area contributed by atoms with E-state index in [1.165, 1.54) is 18.2 Å². The SMILES string of the molecule is Cc1cccc(NC2(C(=O)N[C@H](C(N)=O)C(C)C)CCc3[nH]c4c(C(=O)O)cccc4c3C2)c1NC(=O)OC(=O)c1ccccc1. The number of primary amides is 1. The van der Waals surface area contributed by atoms with Gasteiger partial charge in [-0.2, -0.15) is 0 Å². The number of hydrogen-bond acceptors (Lipinski definition) is 7. The van der Waals surface area contributed by atoms with E-state index in [9.17, 15) is 29.1 Å². The third-order valence-corrected chi connectivity index (χ3v) is 8.30. The lowest BCUT2D eigenvalue weighted by Gasteiger charge is -2.39.